The first-order valence-corrected chi connectivity index (χ1v) is 7.68. The summed E-state index contributed by atoms with van der Waals surface area (Å²) in [4.78, 5) is 24.4. The van der Waals surface area contributed by atoms with Gasteiger partial charge in [-0.15, -0.1) is 0 Å². The summed E-state index contributed by atoms with van der Waals surface area (Å²) in [5.41, 5.74) is -0.0989. The molecule has 0 unspecified atom stereocenters. The van der Waals surface area contributed by atoms with Crippen LogP contribution in [0.2, 0.25) is 5.02 Å². The van der Waals surface area contributed by atoms with E-state index in [1.807, 2.05) is 0 Å². The number of benzene rings is 1. The predicted molar refractivity (Wildman–Crippen MR) is 80.9 cm³/mol. The van der Waals surface area contributed by atoms with Gasteiger partial charge in [-0.1, -0.05) is 11.6 Å². The van der Waals surface area contributed by atoms with E-state index in [0.29, 0.717) is 0 Å². The summed E-state index contributed by atoms with van der Waals surface area (Å²) in [5, 5.41) is 18.6. The highest BCUT2D eigenvalue weighted by molar-refractivity contribution is 6.32. The van der Waals surface area contributed by atoms with Gasteiger partial charge in [-0.05, 0) is 19.1 Å². The standard InChI is InChI=1S/C15H15ClF3NO5/c1-2-25-11-4-7(3-10(16)12(11)21)13(22)20-5-8(14(23)24)9(6-20)15(17,18)19/h3-4,8-9,21H,2,5-6H2,1H3,(H,23,24)/t8-,9-/m1/s1. The maximum atomic E-state index is 13.0. The average molecular weight is 382 g/mol. The second-order valence-corrected chi connectivity index (χ2v) is 5.95. The molecule has 1 aromatic rings. The number of phenolic OH excluding ortho intramolecular Hbond substituents is 1. The van der Waals surface area contributed by atoms with Crippen molar-refractivity contribution in [1.82, 2.24) is 4.90 Å². The normalized spacial score (nSPS) is 20.6. The summed E-state index contributed by atoms with van der Waals surface area (Å²) in [6.45, 7) is 0.471. The van der Waals surface area contributed by atoms with Crippen LogP contribution in [0.5, 0.6) is 11.5 Å². The van der Waals surface area contributed by atoms with Gasteiger partial charge in [0.2, 0.25) is 0 Å². The highest BCUT2D eigenvalue weighted by atomic mass is 35.5. The third-order valence-corrected chi connectivity index (χ3v) is 4.21. The molecule has 0 radical (unpaired) electrons. The molecule has 0 bridgehead atoms. The predicted octanol–water partition coefficient (Wildman–Crippen LogP) is 2.78. The van der Waals surface area contributed by atoms with Crippen molar-refractivity contribution in [2.75, 3.05) is 19.7 Å². The molecule has 1 heterocycles. The van der Waals surface area contributed by atoms with Crippen molar-refractivity contribution < 1.29 is 37.7 Å². The zero-order valence-electron chi connectivity index (χ0n) is 13.0. The lowest BCUT2D eigenvalue weighted by atomic mass is 9.96. The van der Waals surface area contributed by atoms with Gasteiger partial charge in [-0.3, -0.25) is 9.59 Å². The van der Waals surface area contributed by atoms with Gasteiger partial charge in [0, 0.05) is 18.7 Å². The zero-order valence-corrected chi connectivity index (χ0v) is 13.8. The van der Waals surface area contributed by atoms with Crippen LogP contribution in [0.25, 0.3) is 0 Å². The van der Waals surface area contributed by atoms with Crippen LogP contribution in [0.4, 0.5) is 13.2 Å². The minimum Gasteiger partial charge on any atom is -0.503 e. The first kappa shape index (κ1) is 19.2. The Hall–Kier alpha value is -2.16. The van der Waals surface area contributed by atoms with Crippen LogP contribution in [-0.4, -0.2) is 52.9 Å². The highest BCUT2D eigenvalue weighted by Crippen LogP contribution is 2.39. The maximum absolute atomic E-state index is 13.0. The van der Waals surface area contributed by atoms with Gasteiger partial charge in [0.05, 0.1) is 23.5 Å². The number of hydrogen-bond donors (Lipinski definition) is 2. The Morgan fingerprint density at radius 1 is 1.36 bits per heavy atom. The first-order chi connectivity index (χ1) is 11.6. The summed E-state index contributed by atoms with van der Waals surface area (Å²) in [7, 11) is 0. The molecule has 10 heteroatoms. The molecule has 1 aliphatic heterocycles. The van der Waals surface area contributed by atoms with E-state index >= 15 is 0 Å². The van der Waals surface area contributed by atoms with E-state index in [1.165, 1.54) is 0 Å². The van der Waals surface area contributed by atoms with Crippen molar-refractivity contribution in [3.63, 3.8) is 0 Å². The Kier molecular flexibility index (Phi) is 5.36. The number of phenols is 1. The molecular formula is C15H15ClF3NO5. The molecule has 1 amide bonds. The van der Waals surface area contributed by atoms with Crippen molar-refractivity contribution >= 4 is 23.5 Å². The van der Waals surface area contributed by atoms with Crippen LogP contribution in [0.15, 0.2) is 12.1 Å². The molecule has 138 valence electrons. The molecule has 2 rings (SSSR count). The van der Waals surface area contributed by atoms with Gasteiger partial charge in [-0.2, -0.15) is 13.2 Å². The number of carboxylic acid groups (broad SMARTS) is 1. The van der Waals surface area contributed by atoms with E-state index in [2.05, 4.69) is 0 Å². The lowest BCUT2D eigenvalue weighted by Gasteiger charge is -2.19. The average Bonchev–Trinajstić information content (AvgIpc) is 2.96. The third kappa shape index (κ3) is 3.92. The summed E-state index contributed by atoms with van der Waals surface area (Å²) in [6, 6.07) is 2.25. The highest BCUT2D eigenvalue weighted by Gasteiger charge is 2.53. The Labute approximate surface area is 145 Å². The molecule has 1 saturated heterocycles. The van der Waals surface area contributed by atoms with Crippen LogP contribution in [0, 0.1) is 11.8 Å². The van der Waals surface area contributed by atoms with Crippen LogP contribution < -0.4 is 4.74 Å². The molecule has 25 heavy (non-hydrogen) atoms. The quantitative estimate of drug-likeness (QED) is 0.837. The molecule has 0 spiro atoms. The number of carboxylic acids is 1. The molecule has 1 fully saturated rings. The monoisotopic (exact) mass is 381 g/mol. The van der Waals surface area contributed by atoms with E-state index in [4.69, 9.17) is 21.4 Å². The number of aliphatic carboxylic acids is 1. The van der Waals surface area contributed by atoms with Crippen molar-refractivity contribution in [2.45, 2.75) is 13.1 Å². The Balaban J connectivity index is 2.31. The van der Waals surface area contributed by atoms with Gasteiger partial charge in [-0.25, -0.2) is 0 Å². The number of likely N-dealkylation sites (tertiary alicyclic amines) is 1. The van der Waals surface area contributed by atoms with Gasteiger partial charge in [0.15, 0.2) is 11.5 Å². The number of carbonyl (C=O) groups excluding carboxylic acids is 1. The van der Waals surface area contributed by atoms with E-state index in [0.717, 1.165) is 17.0 Å². The van der Waals surface area contributed by atoms with Crippen molar-refractivity contribution in [3.05, 3.63) is 22.7 Å². The molecule has 1 aliphatic rings. The Morgan fingerprint density at radius 2 is 2.00 bits per heavy atom. The lowest BCUT2D eigenvalue weighted by Crippen LogP contribution is -2.34. The molecule has 2 N–H and O–H groups in total. The number of aromatic hydroxyl groups is 1. The number of hydrogen-bond acceptors (Lipinski definition) is 4. The van der Waals surface area contributed by atoms with Crippen molar-refractivity contribution in [1.29, 1.82) is 0 Å². The fourth-order valence-electron chi connectivity index (χ4n) is 2.70. The van der Waals surface area contributed by atoms with E-state index in [9.17, 15) is 27.9 Å². The third-order valence-electron chi connectivity index (χ3n) is 3.92. The molecule has 1 aromatic carbocycles. The first-order valence-electron chi connectivity index (χ1n) is 7.30. The molecule has 0 aromatic heterocycles. The van der Waals surface area contributed by atoms with Crippen LogP contribution >= 0.6 is 11.6 Å². The van der Waals surface area contributed by atoms with Crippen LogP contribution in [0.3, 0.4) is 0 Å². The fourth-order valence-corrected chi connectivity index (χ4v) is 2.91. The maximum Gasteiger partial charge on any atom is 0.394 e. The number of carbonyl (C=O) groups is 2. The second kappa shape index (κ2) is 6.99. The van der Waals surface area contributed by atoms with Crippen LogP contribution in [0.1, 0.15) is 17.3 Å². The van der Waals surface area contributed by atoms with Gasteiger partial charge in [0.25, 0.3) is 5.91 Å². The van der Waals surface area contributed by atoms with Gasteiger partial charge < -0.3 is 19.8 Å². The smallest absolute Gasteiger partial charge is 0.394 e. The summed E-state index contributed by atoms with van der Waals surface area (Å²) in [6.07, 6.45) is -4.73. The number of rotatable bonds is 4. The fraction of sp³-hybridized carbons (Fsp3) is 0.467. The molecule has 0 aliphatic carbocycles. The summed E-state index contributed by atoms with van der Waals surface area (Å²) < 4.78 is 44.2. The second-order valence-electron chi connectivity index (χ2n) is 5.54. The molecule has 6 nitrogen and oxygen atoms in total. The Bertz CT molecular complexity index is 694. The molecule has 2 atom stereocenters. The summed E-state index contributed by atoms with van der Waals surface area (Å²) >= 11 is 5.81. The van der Waals surface area contributed by atoms with Crippen molar-refractivity contribution in [2.24, 2.45) is 11.8 Å². The number of halogens is 4. The van der Waals surface area contributed by atoms with Gasteiger partial charge in [0.1, 0.15) is 0 Å². The molecular weight excluding hydrogens is 367 g/mol. The van der Waals surface area contributed by atoms with E-state index in [1.54, 1.807) is 6.92 Å². The lowest BCUT2D eigenvalue weighted by molar-refractivity contribution is -0.187. The van der Waals surface area contributed by atoms with Crippen molar-refractivity contribution in [3.8, 4) is 11.5 Å². The number of ether oxygens (including phenoxy) is 1. The Morgan fingerprint density at radius 3 is 2.48 bits per heavy atom. The minimum absolute atomic E-state index is 0.0836. The summed E-state index contributed by atoms with van der Waals surface area (Å²) in [5.74, 6) is -6.79. The SMILES string of the molecule is CCOc1cc(C(=O)N2C[C@@H](C(F)(F)F)[C@H](C(=O)O)C2)cc(Cl)c1O. The topological polar surface area (TPSA) is 87.1 Å². The minimum atomic E-state index is -4.73. The number of amides is 1. The zero-order chi connectivity index (χ0) is 18.9. The van der Waals surface area contributed by atoms with E-state index in [-0.39, 0.29) is 22.9 Å². The number of nitrogens with zero attached hydrogens (tertiary/aromatic N) is 1. The van der Waals surface area contributed by atoms with E-state index < -0.39 is 48.7 Å². The largest absolute Gasteiger partial charge is 0.503 e. The number of alkyl halides is 3. The molecule has 0 saturated carbocycles. The van der Waals surface area contributed by atoms with Gasteiger partial charge >= 0.3 is 12.1 Å². The van der Waals surface area contributed by atoms with Crippen LogP contribution in [-0.2, 0) is 4.79 Å².